The molecule has 0 spiro atoms. The summed E-state index contributed by atoms with van der Waals surface area (Å²) < 4.78 is 27.7. The lowest BCUT2D eigenvalue weighted by molar-refractivity contribution is 0.595. The molecule has 0 unspecified atom stereocenters. The molecule has 1 aromatic carbocycles. The average Bonchev–Trinajstić information content (AvgIpc) is 2.93. The van der Waals surface area contributed by atoms with E-state index in [1.807, 2.05) is 13.8 Å². The van der Waals surface area contributed by atoms with Crippen molar-refractivity contribution in [2.45, 2.75) is 37.0 Å². The molecule has 120 valence electrons. The van der Waals surface area contributed by atoms with E-state index < -0.39 is 9.84 Å². The molecule has 2 N–H and O–H groups in total. The Morgan fingerprint density at radius 3 is 2.43 bits per heavy atom. The van der Waals surface area contributed by atoms with Gasteiger partial charge in [-0.3, -0.25) is 0 Å². The van der Waals surface area contributed by atoms with Gasteiger partial charge in [0.05, 0.1) is 27.7 Å². The van der Waals surface area contributed by atoms with Gasteiger partial charge in [-0.25, -0.2) is 17.9 Å². The minimum atomic E-state index is -3.70. The second-order valence-corrected chi connectivity index (χ2v) is 7.26. The highest BCUT2D eigenvalue weighted by Gasteiger charge is 2.28. The molecule has 3 aromatic rings. The molecule has 0 aliphatic heterocycles. The van der Waals surface area contributed by atoms with E-state index in [2.05, 4.69) is 10.1 Å². The monoisotopic (exact) mass is 330 g/mol. The molecule has 0 amide bonds. The Balaban J connectivity index is 2.42. The number of nitrogen functional groups attached to an aromatic ring is 1. The van der Waals surface area contributed by atoms with Crippen molar-refractivity contribution in [1.29, 1.82) is 0 Å². The highest BCUT2D eigenvalue weighted by molar-refractivity contribution is 7.91. The van der Waals surface area contributed by atoms with Crippen LogP contribution in [-0.2, 0) is 16.3 Å². The summed E-state index contributed by atoms with van der Waals surface area (Å²) >= 11 is 0. The molecule has 0 aliphatic rings. The number of nitrogens with two attached hydrogens (primary N) is 1. The second-order valence-electron chi connectivity index (χ2n) is 5.38. The van der Waals surface area contributed by atoms with Crippen molar-refractivity contribution >= 4 is 21.2 Å². The van der Waals surface area contributed by atoms with E-state index in [1.165, 1.54) is 4.52 Å². The van der Waals surface area contributed by atoms with Crippen LogP contribution in [0, 0.1) is 13.8 Å². The number of hydrogen-bond acceptors (Lipinski definition) is 5. The number of rotatable bonds is 3. The third-order valence-corrected chi connectivity index (χ3v) is 5.76. The van der Waals surface area contributed by atoms with Gasteiger partial charge in [-0.15, -0.1) is 0 Å². The lowest BCUT2D eigenvalue weighted by Gasteiger charge is -2.07. The first-order chi connectivity index (χ1) is 10.9. The molecular formula is C16H18N4O2S. The highest BCUT2D eigenvalue weighted by Crippen LogP contribution is 2.29. The molecule has 0 bridgehead atoms. The van der Waals surface area contributed by atoms with Gasteiger partial charge < -0.3 is 5.73 Å². The maximum Gasteiger partial charge on any atom is 0.212 e. The van der Waals surface area contributed by atoms with E-state index in [-0.39, 0.29) is 9.79 Å². The Kier molecular flexibility index (Phi) is 3.60. The molecule has 0 saturated carbocycles. The quantitative estimate of drug-likeness (QED) is 0.796. The summed E-state index contributed by atoms with van der Waals surface area (Å²) in [5, 5.41) is 4.42. The van der Waals surface area contributed by atoms with E-state index in [0.717, 1.165) is 0 Å². The van der Waals surface area contributed by atoms with Gasteiger partial charge in [0.1, 0.15) is 4.90 Å². The summed E-state index contributed by atoms with van der Waals surface area (Å²) in [4.78, 5) is 4.79. The minimum absolute atomic E-state index is 0.164. The summed E-state index contributed by atoms with van der Waals surface area (Å²) in [6, 6.07) is 8.34. The maximum absolute atomic E-state index is 13.1. The fourth-order valence-corrected chi connectivity index (χ4v) is 4.21. The number of hydrogen-bond donors (Lipinski definition) is 1. The number of aromatic nitrogens is 3. The van der Waals surface area contributed by atoms with Crippen molar-refractivity contribution in [3.05, 3.63) is 47.4 Å². The van der Waals surface area contributed by atoms with Crippen molar-refractivity contribution in [3.8, 4) is 0 Å². The number of aryl methyl sites for hydroxylation is 3. The lowest BCUT2D eigenvalue weighted by atomic mass is 10.3. The third-order valence-electron chi connectivity index (χ3n) is 3.91. The Morgan fingerprint density at radius 2 is 1.83 bits per heavy atom. The van der Waals surface area contributed by atoms with Crippen molar-refractivity contribution in [1.82, 2.24) is 14.6 Å². The molecule has 7 heteroatoms. The van der Waals surface area contributed by atoms with Crippen LogP contribution in [0.5, 0.6) is 0 Å². The van der Waals surface area contributed by atoms with E-state index in [9.17, 15) is 8.42 Å². The summed E-state index contributed by atoms with van der Waals surface area (Å²) in [5.74, 6) is 0. The Hall–Kier alpha value is -2.41. The predicted molar refractivity (Wildman–Crippen MR) is 88.1 cm³/mol. The fourth-order valence-electron chi connectivity index (χ4n) is 2.59. The van der Waals surface area contributed by atoms with Gasteiger partial charge in [0, 0.05) is 0 Å². The predicted octanol–water partition coefficient (Wildman–Crippen LogP) is 2.32. The Bertz CT molecular complexity index is 992. The number of anilines is 1. The van der Waals surface area contributed by atoms with Crippen molar-refractivity contribution in [3.63, 3.8) is 0 Å². The average molecular weight is 330 g/mol. The zero-order valence-electron chi connectivity index (χ0n) is 13.2. The van der Waals surface area contributed by atoms with Crippen LogP contribution in [0.1, 0.15) is 24.0 Å². The molecule has 6 nitrogen and oxygen atoms in total. The van der Waals surface area contributed by atoms with Gasteiger partial charge in [-0.1, -0.05) is 25.1 Å². The molecule has 2 aromatic heterocycles. The van der Waals surface area contributed by atoms with E-state index in [1.54, 1.807) is 37.3 Å². The van der Waals surface area contributed by atoms with E-state index >= 15 is 0 Å². The normalized spacial score (nSPS) is 12.0. The van der Waals surface area contributed by atoms with Crippen LogP contribution in [0.2, 0.25) is 0 Å². The van der Waals surface area contributed by atoms with Crippen LogP contribution in [0.15, 0.2) is 40.1 Å². The number of fused-ring (bicyclic) bond motifs is 1. The molecule has 0 fully saturated rings. The van der Waals surface area contributed by atoms with Crippen molar-refractivity contribution in [2.75, 3.05) is 5.73 Å². The van der Waals surface area contributed by atoms with Crippen LogP contribution < -0.4 is 5.73 Å². The molecule has 0 atom stereocenters. The maximum atomic E-state index is 13.1. The van der Waals surface area contributed by atoms with Gasteiger partial charge in [-0.2, -0.15) is 5.10 Å². The summed E-state index contributed by atoms with van der Waals surface area (Å²) in [6.07, 6.45) is 0.489. The zero-order chi connectivity index (χ0) is 16.8. The highest BCUT2D eigenvalue weighted by atomic mass is 32.2. The molecule has 2 heterocycles. The van der Waals surface area contributed by atoms with Crippen LogP contribution in [0.4, 0.5) is 5.69 Å². The van der Waals surface area contributed by atoms with E-state index in [4.69, 9.17) is 5.73 Å². The lowest BCUT2D eigenvalue weighted by Crippen LogP contribution is -2.07. The summed E-state index contributed by atoms with van der Waals surface area (Å²) in [6.45, 7) is 5.44. The van der Waals surface area contributed by atoms with Crippen LogP contribution in [-0.4, -0.2) is 23.0 Å². The summed E-state index contributed by atoms with van der Waals surface area (Å²) in [5.41, 5.74) is 8.63. The van der Waals surface area contributed by atoms with Crippen LogP contribution >= 0.6 is 0 Å². The number of benzene rings is 1. The SMILES string of the molecule is CCc1nn2c(C)c(N)c(C)nc2c1S(=O)(=O)c1ccccc1. The molecule has 3 rings (SSSR count). The standard InChI is InChI=1S/C16H18N4O2S/c1-4-13-15(23(21,22)12-8-6-5-7-9-12)16-18-10(2)14(17)11(3)20(16)19-13/h5-9H,4,17H2,1-3H3. The first-order valence-corrected chi connectivity index (χ1v) is 8.80. The van der Waals surface area contributed by atoms with Gasteiger partial charge in [0.2, 0.25) is 9.84 Å². The van der Waals surface area contributed by atoms with Crippen molar-refractivity contribution in [2.24, 2.45) is 0 Å². The third kappa shape index (κ3) is 2.28. The smallest absolute Gasteiger partial charge is 0.212 e. The van der Waals surface area contributed by atoms with Crippen molar-refractivity contribution < 1.29 is 8.42 Å². The topological polar surface area (TPSA) is 90.3 Å². The second kappa shape index (κ2) is 5.34. The Labute approximate surface area is 134 Å². The molecule has 0 aliphatic carbocycles. The zero-order valence-corrected chi connectivity index (χ0v) is 14.1. The fraction of sp³-hybridized carbons (Fsp3) is 0.250. The first-order valence-electron chi connectivity index (χ1n) is 7.32. The largest absolute Gasteiger partial charge is 0.396 e. The van der Waals surface area contributed by atoms with Gasteiger partial charge in [0.25, 0.3) is 0 Å². The van der Waals surface area contributed by atoms with Gasteiger partial charge in [-0.05, 0) is 32.4 Å². The number of sulfone groups is 1. The van der Waals surface area contributed by atoms with Gasteiger partial charge >= 0.3 is 0 Å². The number of nitrogens with zero attached hydrogens (tertiary/aromatic N) is 3. The molecule has 0 saturated heterocycles. The van der Waals surface area contributed by atoms with Gasteiger partial charge in [0.15, 0.2) is 5.65 Å². The Morgan fingerprint density at radius 1 is 1.17 bits per heavy atom. The first kappa shape index (κ1) is 15.5. The van der Waals surface area contributed by atoms with Crippen LogP contribution in [0.25, 0.3) is 5.65 Å². The molecular weight excluding hydrogens is 312 g/mol. The molecule has 23 heavy (non-hydrogen) atoms. The van der Waals surface area contributed by atoms with Crippen LogP contribution in [0.3, 0.4) is 0 Å². The summed E-state index contributed by atoms with van der Waals surface area (Å²) in [7, 11) is -3.70. The minimum Gasteiger partial charge on any atom is -0.396 e. The molecule has 0 radical (unpaired) electrons. The van der Waals surface area contributed by atoms with E-state index in [0.29, 0.717) is 34.8 Å².